The van der Waals surface area contributed by atoms with Crippen molar-refractivity contribution < 1.29 is 18.7 Å². The SMILES string of the molecule is CO[C@H]1COC[C@@H]1NC(=O)Cc1c(F)cccc1Cl. The number of rotatable bonds is 4. The van der Waals surface area contributed by atoms with Crippen molar-refractivity contribution in [3.8, 4) is 0 Å². The predicted octanol–water partition coefficient (Wildman–Crippen LogP) is 1.55. The van der Waals surface area contributed by atoms with Crippen LogP contribution in [0, 0.1) is 5.82 Å². The average Bonchev–Trinajstić information content (AvgIpc) is 2.81. The monoisotopic (exact) mass is 287 g/mol. The zero-order valence-corrected chi connectivity index (χ0v) is 11.2. The highest BCUT2D eigenvalue weighted by atomic mass is 35.5. The molecule has 104 valence electrons. The molecule has 1 aromatic rings. The van der Waals surface area contributed by atoms with E-state index in [1.54, 1.807) is 13.2 Å². The number of carbonyl (C=O) groups is 1. The van der Waals surface area contributed by atoms with E-state index in [0.29, 0.717) is 13.2 Å². The molecule has 0 unspecified atom stereocenters. The van der Waals surface area contributed by atoms with E-state index in [1.165, 1.54) is 12.1 Å². The van der Waals surface area contributed by atoms with Crippen molar-refractivity contribution in [3.05, 3.63) is 34.6 Å². The topological polar surface area (TPSA) is 47.6 Å². The molecular formula is C13H15ClFNO3. The Morgan fingerprint density at radius 1 is 1.58 bits per heavy atom. The third-order valence-electron chi connectivity index (χ3n) is 3.08. The van der Waals surface area contributed by atoms with Gasteiger partial charge in [-0.1, -0.05) is 17.7 Å². The first-order valence-electron chi connectivity index (χ1n) is 5.94. The highest BCUT2D eigenvalue weighted by Crippen LogP contribution is 2.19. The lowest BCUT2D eigenvalue weighted by molar-refractivity contribution is -0.121. The van der Waals surface area contributed by atoms with Gasteiger partial charge in [-0.05, 0) is 12.1 Å². The minimum absolute atomic E-state index is 0.0988. The standard InChI is InChI=1S/C13H15ClFNO3/c1-18-12-7-19-6-11(12)16-13(17)5-8-9(14)3-2-4-10(8)15/h2-4,11-12H,5-7H2,1H3,(H,16,17)/t11-,12-/m0/s1. The maximum absolute atomic E-state index is 13.6. The Labute approximate surface area is 115 Å². The highest BCUT2D eigenvalue weighted by molar-refractivity contribution is 6.31. The lowest BCUT2D eigenvalue weighted by Crippen LogP contribution is -2.44. The highest BCUT2D eigenvalue weighted by Gasteiger charge is 2.29. The van der Waals surface area contributed by atoms with Gasteiger partial charge in [0.2, 0.25) is 5.91 Å². The molecule has 0 radical (unpaired) electrons. The molecule has 1 saturated heterocycles. The van der Waals surface area contributed by atoms with Crippen LogP contribution in [0.4, 0.5) is 4.39 Å². The van der Waals surface area contributed by atoms with Crippen molar-refractivity contribution in [3.63, 3.8) is 0 Å². The molecule has 1 aliphatic rings. The number of hydrogen-bond acceptors (Lipinski definition) is 3. The predicted molar refractivity (Wildman–Crippen MR) is 68.7 cm³/mol. The Kier molecular flexibility index (Phi) is 4.74. The maximum Gasteiger partial charge on any atom is 0.224 e. The molecular weight excluding hydrogens is 273 g/mol. The van der Waals surface area contributed by atoms with Gasteiger partial charge < -0.3 is 14.8 Å². The van der Waals surface area contributed by atoms with Crippen molar-refractivity contribution in [2.75, 3.05) is 20.3 Å². The van der Waals surface area contributed by atoms with Crippen molar-refractivity contribution in [2.45, 2.75) is 18.6 Å². The van der Waals surface area contributed by atoms with Crippen molar-refractivity contribution in [2.24, 2.45) is 0 Å². The Bertz CT molecular complexity index is 449. The molecule has 6 heteroatoms. The van der Waals surface area contributed by atoms with Crippen LogP contribution in [-0.4, -0.2) is 38.4 Å². The first kappa shape index (κ1) is 14.2. The second kappa shape index (κ2) is 6.32. The molecule has 0 spiro atoms. The smallest absolute Gasteiger partial charge is 0.224 e. The average molecular weight is 288 g/mol. The van der Waals surface area contributed by atoms with Crippen molar-refractivity contribution in [1.82, 2.24) is 5.32 Å². The number of ether oxygens (including phenoxy) is 2. The van der Waals surface area contributed by atoms with E-state index in [9.17, 15) is 9.18 Å². The molecule has 1 heterocycles. The first-order valence-corrected chi connectivity index (χ1v) is 6.32. The summed E-state index contributed by atoms with van der Waals surface area (Å²) in [6, 6.07) is 4.14. The van der Waals surface area contributed by atoms with E-state index in [1.807, 2.05) is 0 Å². The summed E-state index contributed by atoms with van der Waals surface area (Å²) in [5, 5.41) is 3.02. The summed E-state index contributed by atoms with van der Waals surface area (Å²) in [4.78, 5) is 11.9. The molecule has 1 aliphatic heterocycles. The van der Waals surface area contributed by atoms with E-state index >= 15 is 0 Å². The van der Waals surface area contributed by atoms with Gasteiger partial charge in [-0.2, -0.15) is 0 Å². The van der Waals surface area contributed by atoms with Crippen LogP contribution in [0.15, 0.2) is 18.2 Å². The summed E-state index contributed by atoms with van der Waals surface area (Å²) >= 11 is 5.88. The molecule has 0 aliphatic carbocycles. The zero-order valence-electron chi connectivity index (χ0n) is 10.5. The van der Waals surface area contributed by atoms with Gasteiger partial charge in [-0.25, -0.2) is 4.39 Å². The first-order chi connectivity index (χ1) is 9.11. The molecule has 0 bridgehead atoms. The van der Waals surface area contributed by atoms with Crippen LogP contribution in [0.2, 0.25) is 5.02 Å². The summed E-state index contributed by atoms with van der Waals surface area (Å²) < 4.78 is 24.0. The zero-order chi connectivity index (χ0) is 13.8. The van der Waals surface area contributed by atoms with E-state index in [2.05, 4.69) is 5.32 Å². The lowest BCUT2D eigenvalue weighted by Gasteiger charge is -2.17. The fourth-order valence-corrected chi connectivity index (χ4v) is 2.25. The van der Waals surface area contributed by atoms with Gasteiger partial charge in [0.25, 0.3) is 0 Å². The summed E-state index contributed by atoms with van der Waals surface area (Å²) in [6.45, 7) is 0.844. The number of halogens is 2. The summed E-state index contributed by atoms with van der Waals surface area (Å²) in [7, 11) is 1.56. The van der Waals surface area contributed by atoms with Crippen molar-refractivity contribution in [1.29, 1.82) is 0 Å². The number of methoxy groups -OCH3 is 1. The minimum Gasteiger partial charge on any atom is -0.377 e. The quantitative estimate of drug-likeness (QED) is 0.914. The number of benzene rings is 1. The lowest BCUT2D eigenvalue weighted by atomic mass is 10.1. The van der Waals surface area contributed by atoms with Crippen LogP contribution in [0.3, 0.4) is 0 Å². The summed E-state index contributed by atoms with van der Waals surface area (Å²) in [6.07, 6.45) is -0.265. The van der Waals surface area contributed by atoms with Crippen LogP contribution in [0.25, 0.3) is 0 Å². The van der Waals surface area contributed by atoms with Gasteiger partial charge in [0.1, 0.15) is 11.9 Å². The fourth-order valence-electron chi connectivity index (χ4n) is 2.02. The van der Waals surface area contributed by atoms with E-state index < -0.39 is 5.82 Å². The second-order valence-electron chi connectivity index (χ2n) is 4.36. The van der Waals surface area contributed by atoms with Gasteiger partial charge in [0, 0.05) is 17.7 Å². The second-order valence-corrected chi connectivity index (χ2v) is 4.77. The van der Waals surface area contributed by atoms with E-state index in [4.69, 9.17) is 21.1 Å². The molecule has 19 heavy (non-hydrogen) atoms. The maximum atomic E-state index is 13.6. The van der Waals surface area contributed by atoms with Gasteiger partial charge in [0.15, 0.2) is 0 Å². The van der Waals surface area contributed by atoms with E-state index in [-0.39, 0.29) is 35.1 Å². The fraction of sp³-hybridized carbons (Fsp3) is 0.462. The Morgan fingerprint density at radius 2 is 2.37 bits per heavy atom. The number of hydrogen-bond donors (Lipinski definition) is 1. The molecule has 2 rings (SSSR count). The van der Waals surface area contributed by atoms with E-state index in [0.717, 1.165) is 0 Å². The van der Waals surface area contributed by atoms with Crippen LogP contribution < -0.4 is 5.32 Å². The third kappa shape index (κ3) is 3.43. The summed E-state index contributed by atoms with van der Waals surface area (Å²) in [5.41, 5.74) is 0.203. The third-order valence-corrected chi connectivity index (χ3v) is 3.43. The molecule has 1 fully saturated rings. The number of carbonyl (C=O) groups excluding carboxylic acids is 1. The molecule has 1 N–H and O–H groups in total. The van der Waals surface area contributed by atoms with Gasteiger partial charge >= 0.3 is 0 Å². The summed E-state index contributed by atoms with van der Waals surface area (Å²) in [5.74, 6) is -0.779. The van der Waals surface area contributed by atoms with Crippen LogP contribution >= 0.6 is 11.6 Å². The Balaban J connectivity index is 1.98. The molecule has 4 nitrogen and oxygen atoms in total. The van der Waals surface area contributed by atoms with Crippen LogP contribution in [0.5, 0.6) is 0 Å². The normalized spacial score (nSPS) is 22.5. The van der Waals surface area contributed by atoms with Crippen LogP contribution in [0.1, 0.15) is 5.56 Å². The van der Waals surface area contributed by atoms with Crippen molar-refractivity contribution >= 4 is 17.5 Å². The Hall–Kier alpha value is -1.17. The molecule has 1 aromatic carbocycles. The minimum atomic E-state index is -0.478. The van der Waals surface area contributed by atoms with Gasteiger partial charge in [-0.15, -0.1) is 0 Å². The molecule has 0 aromatic heterocycles. The number of nitrogens with one attached hydrogen (secondary N) is 1. The van der Waals surface area contributed by atoms with Gasteiger partial charge in [-0.3, -0.25) is 4.79 Å². The van der Waals surface area contributed by atoms with Gasteiger partial charge in [0.05, 0.1) is 25.7 Å². The Morgan fingerprint density at radius 3 is 3.05 bits per heavy atom. The molecule has 2 atom stereocenters. The largest absolute Gasteiger partial charge is 0.377 e. The van der Waals surface area contributed by atoms with Crippen LogP contribution in [-0.2, 0) is 20.7 Å². The number of amides is 1. The molecule has 0 saturated carbocycles. The molecule has 1 amide bonds.